The second-order valence-corrected chi connectivity index (χ2v) is 2.68. The monoisotopic (exact) mass is 152 g/mol. The summed E-state index contributed by atoms with van der Waals surface area (Å²) >= 11 is 0. The number of alkyl halides is 3. The SMILES string of the molecule is CC1CC1C(=O)C(F)(F)F. The molecule has 1 rings (SSSR count). The van der Waals surface area contributed by atoms with E-state index in [2.05, 4.69) is 0 Å². The number of rotatable bonds is 1. The number of hydrogen-bond acceptors (Lipinski definition) is 1. The first-order chi connectivity index (χ1) is 4.43. The van der Waals surface area contributed by atoms with Crippen LogP contribution in [0.4, 0.5) is 13.2 Å². The summed E-state index contributed by atoms with van der Waals surface area (Å²) in [5.41, 5.74) is 0. The van der Waals surface area contributed by atoms with E-state index in [0.717, 1.165) is 0 Å². The van der Waals surface area contributed by atoms with Gasteiger partial charge in [0.2, 0.25) is 5.78 Å². The largest absolute Gasteiger partial charge is 0.450 e. The van der Waals surface area contributed by atoms with Gasteiger partial charge in [-0.05, 0) is 12.3 Å². The maximum atomic E-state index is 11.6. The van der Waals surface area contributed by atoms with E-state index in [4.69, 9.17) is 0 Å². The molecule has 1 fully saturated rings. The predicted molar refractivity (Wildman–Crippen MR) is 28.3 cm³/mol. The van der Waals surface area contributed by atoms with E-state index < -0.39 is 17.9 Å². The Morgan fingerprint density at radius 3 is 2.00 bits per heavy atom. The molecule has 0 bridgehead atoms. The van der Waals surface area contributed by atoms with Crippen molar-refractivity contribution in [3.8, 4) is 0 Å². The van der Waals surface area contributed by atoms with Gasteiger partial charge in [0, 0.05) is 5.92 Å². The first kappa shape index (κ1) is 7.57. The molecular weight excluding hydrogens is 145 g/mol. The Labute approximate surface area is 56.2 Å². The highest BCUT2D eigenvalue weighted by atomic mass is 19.4. The Morgan fingerprint density at radius 2 is 1.90 bits per heavy atom. The smallest absolute Gasteiger partial charge is 0.289 e. The fourth-order valence-electron chi connectivity index (χ4n) is 0.898. The molecule has 10 heavy (non-hydrogen) atoms. The number of halogens is 3. The Kier molecular flexibility index (Phi) is 1.49. The molecule has 0 aliphatic heterocycles. The molecule has 58 valence electrons. The lowest BCUT2D eigenvalue weighted by molar-refractivity contribution is -0.172. The molecule has 1 nitrogen and oxygen atoms in total. The molecule has 0 aromatic rings. The molecule has 2 unspecified atom stereocenters. The van der Waals surface area contributed by atoms with Gasteiger partial charge in [0.1, 0.15) is 0 Å². The molecule has 0 amide bonds. The lowest BCUT2D eigenvalue weighted by atomic mass is 10.2. The molecule has 4 heteroatoms. The normalized spacial score (nSPS) is 32.0. The van der Waals surface area contributed by atoms with Crippen molar-refractivity contribution >= 4 is 5.78 Å². The first-order valence-electron chi connectivity index (χ1n) is 3.04. The minimum absolute atomic E-state index is 0.0610. The fraction of sp³-hybridized carbons (Fsp3) is 0.833. The lowest BCUT2D eigenvalue weighted by Crippen LogP contribution is -2.24. The van der Waals surface area contributed by atoms with Crippen LogP contribution in [0.25, 0.3) is 0 Å². The van der Waals surface area contributed by atoms with Gasteiger partial charge in [-0.2, -0.15) is 13.2 Å². The van der Waals surface area contributed by atoms with E-state index in [1.165, 1.54) is 0 Å². The van der Waals surface area contributed by atoms with E-state index in [1.54, 1.807) is 6.92 Å². The highest BCUT2D eigenvalue weighted by molar-refractivity contribution is 5.88. The zero-order valence-corrected chi connectivity index (χ0v) is 5.40. The van der Waals surface area contributed by atoms with Crippen LogP contribution in [0.5, 0.6) is 0 Å². The molecule has 0 saturated heterocycles. The third kappa shape index (κ3) is 1.30. The topological polar surface area (TPSA) is 17.1 Å². The van der Waals surface area contributed by atoms with E-state index in [1.807, 2.05) is 0 Å². The average molecular weight is 152 g/mol. The molecule has 0 radical (unpaired) electrons. The molecule has 0 heterocycles. The van der Waals surface area contributed by atoms with Gasteiger partial charge in [0.15, 0.2) is 0 Å². The molecule has 0 aromatic carbocycles. The van der Waals surface area contributed by atoms with Crippen LogP contribution in [-0.4, -0.2) is 12.0 Å². The Balaban J connectivity index is 2.51. The average Bonchev–Trinajstić information content (AvgIpc) is 2.42. The van der Waals surface area contributed by atoms with Crippen molar-refractivity contribution < 1.29 is 18.0 Å². The van der Waals surface area contributed by atoms with E-state index in [-0.39, 0.29) is 5.92 Å². The zero-order chi connectivity index (χ0) is 7.94. The standard InChI is InChI=1S/C6H7F3O/c1-3-2-4(3)5(10)6(7,8)9/h3-4H,2H2,1H3. The molecule has 0 aromatic heterocycles. The van der Waals surface area contributed by atoms with E-state index in [0.29, 0.717) is 6.42 Å². The van der Waals surface area contributed by atoms with Crippen LogP contribution >= 0.6 is 0 Å². The maximum absolute atomic E-state index is 11.6. The van der Waals surface area contributed by atoms with Crippen molar-refractivity contribution in [3.05, 3.63) is 0 Å². The summed E-state index contributed by atoms with van der Waals surface area (Å²) < 4.78 is 34.7. The summed E-state index contributed by atoms with van der Waals surface area (Å²) in [4.78, 5) is 10.3. The second kappa shape index (κ2) is 1.97. The number of carbonyl (C=O) groups is 1. The number of ketones is 1. The third-order valence-electron chi connectivity index (χ3n) is 1.73. The summed E-state index contributed by atoms with van der Waals surface area (Å²) in [7, 11) is 0. The van der Waals surface area contributed by atoms with Gasteiger partial charge in [-0.25, -0.2) is 0 Å². The summed E-state index contributed by atoms with van der Waals surface area (Å²) in [6.45, 7) is 1.65. The minimum Gasteiger partial charge on any atom is -0.289 e. The Bertz CT molecular complexity index is 161. The van der Waals surface area contributed by atoms with Crippen molar-refractivity contribution in [2.45, 2.75) is 19.5 Å². The Hall–Kier alpha value is -0.540. The van der Waals surface area contributed by atoms with Gasteiger partial charge in [-0.15, -0.1) is 0 Å². The van der Waals surface area contributed by atoms with Crippen LogP contribution in [0, 0.1) is 11.8 Å². The van der Waals surface area contributed by atoms with E-state index in [9.17, 15) is 18.0 Å². The Morgan fingerprint density at radius 1 is 1.50 bits per heavy atom. The van der Waals surface area contributed by atoms with Crippen LogP contribution in [-0.2, 0) is 4.79 Å². The molecule has 1 aliphatic carbocycles. The van der Waals surface area contributed by atoms with Gasteiger partial charge in [0.25, 0.3) is 0 Å². The van der Waals surface area contributed by atoms with Gasteiger partial charge >= 0.3 is 6.18 Å². The van der Waals surface area contributed by atoms with Crippen LogP contribution in [0.2, 0.25) is 0 Å². The fourth-order valence-corrected chi connectivity index (χ4v) is 0.898. The van der Waals surface area contributed by atoms with Crippen LogP contribution in [0.1, 0.15) is 13.3 Å². The third-order valence-corrected chi connectivity index (χ3v) is 1.73. The predicted octanol–water partition coefficient (Wildman–Crippen LogP) is 1.77. The van der Waals surface area contributed by atoms with Crippen LogP contribution in [0.3, 0.4) is 0 Å². The quantitative estimate of drug-likeness (QED) is 0.559. The van der Waals surface area contributed by atoms with Gasteiger partial charge in [-0.1, -0.05) is 6.92 Å². The van der Waals surface area contributed by atoms with Crippen molar-refractivity contribution in [2.24, 2.45) is 11.8 Å². The van der Waals surface area contributed by atoms with Crippen molar-refractivity contribution in [1.29, 1.82) is 0 Å². The second-order valence-electron chi connectivity index (χ2n) is 2.68. The summed E-state index contributed by atoms with van der Waals surface area (Å²) in [6, 6.07) is 0. The molecule has 1 aliphatic rings. The van der Waals surface area contributed by atoms with Gasteiger partial charge < -0.3 is 0 Å². The summed E-state index contributed by atoms with van der Waals surface area (Å²) in [5, 5.41) is 0. The number of Topliss-reactive ketones (excluding diaryl/α,β-unsaturated/α-hetero) is 1. The van der Waals surface area contributed by atoms with E-state index >= 15 is 0 Å². The molecular formula is C6H7F3O. The van der Waals surface area contributed by atoms with Crippen molar-refractivity contribution in [1.82, 2.24) is 0 Å². The first-order valence-corrected chi connectivity index (χ1v) is 3.04. The van der Waals surface area contributed by atoms with Crippen LogP contribution in [0.15, 0.2) is 0 Å². The highest BCUT2D eigenvalue weighted by Gasteiger charge is 2.51. The highest BCUT2D eigenvalue weighted by Crippen LogP contribution is 2.42. The summed E-state index contributed by atoms with van der Waals surface area (Å²) in [5.74, 6) is -2.35. The molecule has 0 spiro atoms. The molecule has 0 N–H and O–H groups in total. The van der Waals surface area contributed by atoms with Crippen molar-refractivity contribution in [3.63, 3.8) is 0 Å². The van der Waals surface area contributed by atoms with Crippen molar-refractivity contribution in [2.75, 3.05) is 0 Å². The molecule has 2 atom stereocenters. The summed E-state index contributed by atoms with van der Waals surface area (Å²) in [6.07, 6.45) is -4.21. The van der Waals surface area contributed by atoms with Crippen LogP contribution < -0.4 is 0 Å². The zero-order valence-electron chi connectivity index (χ0n) is 5.40. The minimum atomic E-state index is -4.62. The maximum Gasteiger partial charge on any atom is 0.450 e. The molecule has 1 saturated carbocycles. The number of hydrogen-bond donors (Lipinski definition) is 0. The lowest BCUT2D eigenvalue weighted by Gasteiger charge is -2.01. The number of carbonyl (C=O) groups excluding carboxylic acids is 1. The van der Waals surface area contributed by atoms with Gasteiger partial charge in [0.05, 0.1) is 0 Å². The van der Waals surface area contributed by atoms with Gasteiger partial charge in [-0.3, -0.25) is 4.79 Å².